The SMILES string of the molecule is CC(C)(C#N)CNC(=O)C1CCCCC1C(=O)O. The van der Waals surface area contributed by atoms with E-state index >= 15 is 0 Å². The lowest BCUT2D eigenvalue weighted by atomic mass is 9.78. The van der Waals surface area contributed by atoms with E-state index in [-0.39, 0.29) is 12.5 Å². The molecule has 2 unspecified atom stereocenters. The van der Waals surface area contributed by atoms with Crippen molar-refractivity contribution in [3.05, 3.63) is 0 Å². The zero-order valence-corrected chi connectivity index (χ0v) is 10.9. The molecular formula is C13H20N2O3. The van der Waals surface area contributed by atoms with E-state index in [1.807, 2.05) is 0 Å². The van der Waals surface area contributed by atoms with Gasteiger partial charge in [-0.05, 0) is 26.7 Å². The molecule has 0 aromatic carbocycles. The van der Waals surface area contributed by atoms with Crippen LogP contribution >= 0.6 is 0 Å². The number of nitrogens with one attached hydrogen (secondary N) is 1. The number of hydrogen-bond acceptors (Lipinski definition) is 3. The van der Waals surface area contributed by atoms with Gasteiger partial charge in [-0.3, -0.25) is 9.59 Å². The lowest BCUT2D eigenvalue weighted by Gasteiger charge is -2.28. The molecule has 0 aromatic rings. The second-order valence-electron chi connectivity index (χ2n) is 5.55. The number of carbonyl (C=O) groups excluding carboxylic acids is 1. The Morgan fingerprint density at radius 3 is 2.39 bits per heavy atom. The zero-order chi connectivity index (χ0) is 13.8. The minimum absolute atomic E-state index is 0.231. The summed E-state index contributed by atoms with van der Waals surface area (Å²) in [6.45, 7) is 3.73. The van der Waals surface area contributed by atoms with Crippen LogP contribution < -0.4 is 5.32 Å². The summed E-state index contributed by atoms with van der Waals surface area (Å²) >= 11 is 0. The largest absolute Gasteiger partial charge is 0.481 e. The van der Waals surface area contributed by atoms with Crippen molar-refractivity contribution in [2.45, 2.75) is 39.5 Å². The molecular weight excluding hydrogens is 232 g/mol. The molecule has 0 heterocycles. The third-order valence-corrected chi connectivity index (χ3v) is 3.43. The minimum Gasteiger partial charge on any atom is -0.481 e. The number of carbonyl (C=O) groups is 2. The number of hydrogen-bond donors (Lipinski definition) is 2. The number of nitriles is 1. The van der Waals surface area contributed by atoms with E-state index in [0.717, 1.165) is 12.8 Å². The van der Waals surface area contributed by atoms with Crippen molar-refractivity contribution in [1.82, 2.24) is 5.32 Å². The van der Waals surface area contributed by atoms with Crippen LogP contribution in [-0.2, 0) is 9.59 Å². The smallest absolute Gasteiger partial charge is 0.307 e. The van der Waals surface area contributed by atoms with Crippen molar-refractivity contribution in [2.24, 2.45) is 17.3 Å². The van der Waals surface area contributed by atoms with E-state index in [9.17, 15) is 9.59 Å². The molecule has 1 aliphatic carbocycles. The maximum atomic E-state index is 12.0. The van der Waals surface area contributed by atoms with Crippen LogP contribution in [0.3, 0.4) is 0 Å². The maximum Gasteiger partial charge on any atom is 0.307 e. The predicted molar refractivity (Wildman–Crippen MR) is 65.5 cm³/mol. The fourth-order valence-corrected chi connectivity index (χ4v) is 2.22. The van der Waals surface area contributed by atoms with E-state index < -0.39 is 23.2 Å². The second-order valence-corrected chi connectivity index (χ2v) is 5.55. The molecule has 1 fully saturated rings. The number of carboxylic acids is 1. The normalized spacial score (nSPS) is 24.1. The van der Waals surface area contributed by atoms with E-state index in [1.165, 1.54) is 0 Å². The Labute approximate surface area is 107 Å². The second kappa shape index (κ2) is 5.85. The van der Waals surface area contributed by atoms with E-state index in [1.54, 1.807) is 13.8 Å². The molecule has 18 heavy (non-hydrogen) atoms. The van der Waals surface area contributed by atoms with Crippen molar-refractivity contribution in [2.75, 3.05) is 6.54 Å². The number of nitrogens with zero attached hydrogens (tertiary/aromatic N) is 1. The van der Waals surface area contributed by atoms with Crippen molar-refractivity contribution >= 4 is 11.9 Å². The summed E-state index contributed by atoms with van der Waals surface area (Å²) < 4.78 is 0. The average Bonchev–Trinajstić information content (AvgIpc) is 2.36. The van der Waals surface area contributed by atoms with Crippen molar-refractivity contribution < 1.29 is 14.7 Å². The van der Waals surface area contributed by atoms with Gasteiger partial charge in [0.25, 0.3) is 0 Å². The highest BCUT2D eigenvalue weighted by Gasteiger charge is 2.36. The van der Waals surface area contributed by atoms with Gasteiger partial charge in [-0.2, -0.15) is 5.26 Å². The molecule has 0 radical (unpaired) electrons. The van der Waals surface area contributed by atoms with E-state index in [0.29, 0.717) is 12.8 Å². The fraction of sp³-hybridized carbons (Fsp3) is 0.769. The van der Waals surface area contributed by atoms with Gasteiger partial charge in [0, 0.05) is 6.54 Å². The monoisotopic (exact) mass is 252 g/mol. The van der Waals surface area contributed by atoms with Gasteiger partial charge in [0.2, 0.25) is 5.91 Å². The standard InChI is InChI=1S/C13H20N2O3/c1-13(2,7-14)8-15-11(16)9-5-3-4-6-10(9)12(17)18/h9-10H,3-6,8H2,1-2H3,(H,15,16)(H,17,18). The van der Waals surface area contributed by atoms with Gasteiger partial charge in [0.15, 0.2) is 0 Å². The molecule has 100 valence electrons. The molecule has 5 nitrogen and oxygen atoms in total. The molecule has 1 rings (SSSR count). The lowest BCUT2D eigenvalue weighted by Crippen LogP contribution is -2.42. The van der Waals surface area contributed by atoms with Crippen LogP contribution in [0.1, 0.15) is 39.5 Å². The lowest BCUT2D eigenvalue weighted by molar-refractivity contribution is -0.149. The van der Waals surface area contributed by atoms with Gasteiger partial charge in [0.1, 0.15) is 0 Å². The quantitative estimate of drug-likeness (QED) is 0.794. The zero-order valence-electron chi connectivity index (χ0n) is 10.9. The molecule has 0 spiro atoms. The van der Waals surface area contributed by atoms with Crippen LogP contribution in [0.25, 0.3) is 0 Å². The first kappa shape index (κ1) is 14.5. The Hall–Kier alpha value is -1.57. The number of rotatable bonds is 4. The maximum absolute atomic E-state index is 12.0. The van der Waals surface area contributed by atoms with Crippen molar-refractivity contribution in [1.29, 1.82) is 5.26 Å². The Bertz CT molecular complexity index is 371. The molecule has 1 saturated carbocycles. The summed E-state index contributed by atoms with van der Waals surface area (Å²) in [7, 11) is 0. The van der Waals surface area contributed by atoms with Gasteiger partial charge >= 0.3 is 5.97 Å². The topological polar surface area (TPSA) is 90.2 Å². The van der Waals surface area contributed by atoms with Gasteiger partial charge in [-0.1, -0.05) is 12.8 Å². The Morgan fingerprint density at radius 2 is 1.89 bits per heavy atom. The number of amides is 1. The molecule has 5 heteroatoms. The van der Waals surface area contributed by atoms with Crippen LogP contribution in [0.15, 0.2) is 0 Å². The minimum atomic E-state index is -0.894. The van der Waals surface area contributed by atoms with Gasteiger partial charge in [-0.15, -0.1) is 0 Å². The van der Waals surface area contributed by atoms with Crippen molar-refractivity contribution in [3.63, 3.8) is 0 Å². The summed E-state index contributed by atoms with van der Waals surface area (Å²) in [4.78, 5) is 23.1. The van der Waals surface area contributed by atoms with Crippen molar-refractivity contribution in [3.8, 4) is 6.07 Å². The molecule has 0 bridgehead atoms. The van der Waals surface area contributed by atoms with Crippen LogP contribution in [0.5, 0.6) is 0 Å². The average molecular weight is 252 g/mol. The summed E-state index contributed by atoms with van der Waals surface area (Å²) in [5.74, 6) is -2.16. The van der Waals surface area contributed by atoms with Gasteiger partial charge in [0.05, 0.1) is 23.3 Å². The first-order chi connectivity index (χ1) is 8.37. The number of carboxylic acid groups (broad SMARTS) is 1. The highest BCUT2D eigenvalue weighted by molar-refractivity contribution is 5.84. The highest BCUT2D eigenvalue weighted by Crippen LogP contribution is 2.30. The van der Waals surface area contributed by atoms with E-state index in [2.05, 4.69) is 11.4 Å². The Kier molecular flexibility index (Phi) is 4.71. The highest BCUT2D eigenvalue weighted by atomic mass is 16.4. The van der Waals surface area contributed by atoms with E-state index in [4.69, 9.17) is 10.4 Å². The molecule has 2 N–H and O–H groups in total. The molecule has 0 aromatic heterocycles. The molecule has 1 aliphatic rings. The molecule has 0 saturated heterocycles. The Balaban J connectivity index is 2.59. The summed E-state index contributed by atoms with van der Waals surface area (Å²) in [5.41, 5.74) is -0.622. The predicted octanol–water partition coefficient (Wildman–Crippen LogP) is 1.54. The summed E-state index contributed by atoms with van der Waals surface area (Å²) in [6.07, 6.45) is 2.94. The first-order valence-corrected chi connectivity index (χ1v) is 6.29. The van der Waals surface area contributed by atoms with Crippen LogP contribution in [-0.4, -0.2) is 23.5 Å². The molecule has 2 atom stereocenters. The number of aliphatic carboxylic acids is 1. The fourth-order valence-electron chi connectivity index (χ4n) is 2.22. The third-order valence-electron chi connectivity index (χ3n) is 3.43. The third kappa shape index (κ3) is 3.73. The molecule has 1 amide bonds. The van der Waals surface area contributed by atoms with Crippen LogP contribution in [0, 0.1) is 28.6 Å². The summed E-state index contributed by atoms with van der Waals surface area (Å²) in [5, 5.41) is 20.7. The summed E-state index contributed by atoms with van der Waals surface area (Å²) in [6, 6.07) is 2.10. The Morgan fingerprint density at radius 1 is 1.33 bits per heavy atom. The molecule has 0 aliphatic heterocycles. The van der Waals surface area contributed by atoms with Crippen LogP contribution in [0.2, 0.25) is 0 Å². The van der Waals surface area contributed by atoms with Crippen LogP contribution in [0.4, 0.5) is 0 Å². The van der Waals surface area contributed by atoms with Gasteiger partial charge < -0.3 is 10.4 Å². The first-order valence-electron chi connectivity index (χ1n) is 6.29. The van der Waals surface area contributed by atoms with Gasteiger partial charge in [-0.25, -0.2) is 0 Å².